The zero-order valence-electron chi connectivity index (χ0n) is 9.46. The summed E-state index contributed by atoms with van der Waals surface area (Å²) in [4.78, 5) is 27.4. The van der Waals surface area contributed by atoms with Gasteiger partial charge in [0.1, 0.15) is 12.3 Å². The van der Waals surface area contributed by atoms with Gasteiger partial charge in [-0.2, -0.15) is 0 Å². The Bertz CT molecular complexity index is 420. The van der Waals surface area contributed by atoms with E-state index in [4.69, 9.17) is 5.11 Å². The Morgan fingerprint density at radius 2 is 2.18 bits per heavy atom. The van der Waals surface area contributed by atoms with E-state index in [1.54, 1.807) is 0 Å². The Balaban J connectivity index is 2.91. The summed E-state index contributed by atoms with van der Waals surface area (Å²) in [6.45, 7) is 1.79. The fraction of sp³-hybridized carbons (Fsp3) is 0.364. The normalized spacial score (nSPS) is 9.94. The summed E-state index contributed by atoms with van der Waals surface area (Å²) in [5, 5.41) is 18.2. The molecule has 0 aromatic carbocycles. The van der Waals surface area contributed by atoms with Gasteiger partial charge in [-0.15, -0.1) is 0 Å². The number of aromatic nitrogens is 1. The van der Waals surface area contributed by atoms with E-state index in [-0.39, 0.29) is 17.9 Å². The van der Waals surface area contributed by atoms with Crippen LogP contribution < -0.4 is 0 Å². The molecular weight excluding hydrogens is 224 g/mol. The maximum absolute atomic E-state index is 12.0. The monoisotopic (exact) mass is 238 g/mol. The number of carboxylic acid groups (broad SMARTS) is 1. The van der Waals surface area contributed by atoms with Crippen LogP contribution in [-0.4, -0.2) is 45.1 Å². The highest BCUT2D eigenvalue weighted by atomic mass is 16.4. The van der Waals surface area contributed by atoms with E-state index >= 15 is 0 Å². The lowest BCUT2D eigenvalue weighted by molar-refractivity contribution is -0.137. The summed E-state index contributed by atoms with van der Waals surface area (Å²) in [5.41, 5.74) is 0.0645. The molecule has 0 aliphatic heterocycles. The standard InChI is InChI=1S/C11H14N2O4/c1-2-5-13(7-10(15)16)11(17)8-3-4-12-6-9(8)14/h3-4,6,14H,2,5,7H2,1H3,(H,15,16). The van der Waals surface area contributed by atoms with E-state index in [0.717, 1.165) is 6.20 Å². The summed E-state index contributed by atoms with van der Waals surface area (Å²) in [7, 11) is 0. The number of carbonyl (C=O) groups excluding carboxylic acids is 1. The van der Waals surface area contributed by atoms with Crippen LogP contribution in [0.3, 0.4) is 0 Å². The van der Waals surface area contributed by atoms with E-state index in [1.165, 1.54) is 17.2 Å². The molecule has 0 aliphatic carbocycles. The van der Waals surface area contributed by atoms with Crippen molar-refractivity contribution in [3.8, 4) is 5.75 Å². The predicted molar refractivity (Wildman–Crippen MR) is 59.7 cm³/mol. The quantitative estimate of drug-likeness (QED) is 0.788. The van der Waals surface area contributed by atoms with Crippen molar-refractivity contribution in [3.05, 3.63) is 24.0 Å². The highest BCUT2D eigenvalue weighted by Crippen LogP contribution is 2.16. The lowest BCUT2D eigenvalue weighted by Gasteiger charge is -2.20. The number of hydrogen-bond donors (Lipinski definition) is 2. The van der Waals surface area contributed by atoms with Gasteiger partial charge in [0.25, 0.3) is 5.91 Å². The molecule has 92 valence electrons. The van der Waals surface area contributed by atoms with E-state index in [9.17, 15) is 14.7 Å². The van der Waals surface area contributed by atoms with Gasteiger partial charge in [0.15, 0.2) is 0 Å². The molecule has 0 saturated heterocycles. The molecule has 0 radical (unpaired) electrons. The largest absolute Gasteiger partial charge is 0.505 e. The fourth-order valence-electron chi connectivity index (χ4n) is 1.42. The summed E-state index contributed by atoms with van der Waals surface area (Å²) in [5.74, 6) is -1.83. The van der Waals surface area contributed by atoms with Gasteiger partial charge in [0, 0.05) is 12.7 Å². The Hall–Kier alpha value is -2.11. The van der Waals surface area contributed by atoms with Gasteiger partial charge in [0.2, 0.25) is 0 Å². The highest BCUT2D eigenvalue weighted by molar-refractivity contribution is 5.97. The average molecular weight is 238 g/mol. The average Bonchev–Trinajstić information content (AvgIpc) is 2.28. The SMILES string of the molecule is CCCN(CC(=O)O)C(=O)c1ccncc1O. The first kappa shape index (κ1) is 13.0. The van der Waals surface area contributed by atoms with Crippen molar-refractivity contribution in [1.82, 2.24) is 9.88 Å². The maximum Gasteiger partial charge on any atom is 0.323 e. The van der Waals surface area contributed by atoms with E-state index in [0.29, 0.717) is 13.0 Å². The number of aromatic hydroxyl groups is 1. The number of carboxylic acids is 1. The zero-order valence-corrected chi connectivity index (χ0v) is 9.46. The third-order valence-corrected chi connectivity index (χ3v) is 2.14. The van der Waals surface area contributed by atoms with Crippen LogP contribution in [-0.2, 0) is 4.79 Å². The second kappa shape index (κ2) is 5.83. The molecule has 17 heavy (non-hydrogen) atoms. The Kier molecular flexibility index (Phi) is 4.45. The van der Waals surface area contributed by atoms with Crippen molar-refractivity contribution in [2.45, 2.75) is 13.3 Å². The summed E-state index contributed by atoms with van der Waals surface area (Å²) < 4.78 is 0. The maximum atomic E-state index is 12.0. The minimum absolute atomic E-state index is 0.0645. The Morgan fingerprint density at radius 1 is 1.47 bits per heavy atom. The Morgan fingerprint density at radius 3 is 2.71 bits per heavy atom. The van der Waals surface area contributed by atoms with E-state index in [1.807, 2.05) is 6.92 Å². The second-order valence-electron chi connectivity index (χ2n) is 3.51. The molecule has 0 fully saturated rings. The molecular formula is C11H14N2O4. The van der Waals surface area contributed by atoms with E-state index < -0.39 is 11.9 Å². The van der Waals surface area contributed by atoms with Gasteiger partial charge in [-0.25, -0.2) is 0 Å². The van der Waals surface area contributed by atoms with Crippen LogP contribution in [0.5, 0.6) is 5.75 Å². The first-order chi connectivity index (χ1) is 8.06. The predicted octanol–water partition coefficient (Wildman–Crippen LogP) is 0.724. The van der Waals surface area contributed by atoms with Crippen molar-refractivity contribution < 1.29 is 19.8 Å². The molecule has 0 saturated carbocycles. The van der Waals surface area contributed by atoms with Gasteiger partial charge in [-0.3, -0.25) is 14.6 Å². The molecule has 2 N–H and O–H groups in total. The van der Waals surface area contributed by atoms with Crippen molar-refractivity contribution in [2.75, 3.05) is 13.1 Å². The third kappa shape index (κ3) is 3.44. The highest BCUT2D eigenvalue weighted by Gasteiger charge is 2.20. The van der Waals surface area contributed by atoms with Crippen LogP contribution in [0.25, 0.3) is 0 Å². The lowest BCUT2D eigenvalue weighted by Crippen LogP contribution is -2.36. The number of carbonyl (C=O) groups is 2. The first-order valence-corrected chi connectivity index (χ1v) is 5.20. The molecule has 1 amide bonds. The van der Waals surface area contributed by atoms with Crippen molar-refractivity contribution in [3.63, 3.8) is 0 Å². The first-order valence-electron chi connectivity index (χ1n) is 5.20. The molecule has 0 bridgehead atoms. The van der Waals surface area contributed by atoms with Crippen LogP contribution in [0, 0.1) is 0 Å². The van der Waals surface area contributed by atoms with Crippen molar-refractivity contribution in [1.29, 1.82) is 0 Å². The number of amides is 1. The molecule has 1 rings (SSSR count). The molecule has 6 nitrogen and oxygen atoms in total. The topological polar surface area (TPSA) is 90.7 Å². The van der Waals surface area contributed by atoms with Gasteiger partial charge in [-0.1, -0.05) is 6.92 Å². The fourth-order valence-corrected chi connectivity index (χ4v) is 1.42. The summed E-state index contributed by atoms with van der Waals surface area (Å²) >= 11 is 0. The molecule has 0 unspecified atom stereocenters. The molecule has 1 heterocycles. The molecule has 0 spiro atoms. The number of hydrogen-bond acceptors (Lipinski definition) is 4. The molecule has 0 aliphatic rings. The zero-order chi connectivity index (χ0) is 12.8. The van der Waals surface area contributed by atoms with Crippen LogP contribution in [0.2, 0.25) is 0 Å². The van der Waals surface area contributed by atoms with Gasteiger partial charge in [-0.05, 0) is 12.5 Å². The smallest absolute Gasteiger partial charge is 0.323 e. The minimum atomic E-state index is -1.08. The number of rotatable bonds is 5. The number of nitrogens with zero attached hydrogens (tertiary/aromatic N) is 2. The van der Waals surface area contributed by atoms with Gasteiger partial charge < -0.3 is 15.1 Å². The molecule has 6 heteroatoms. The van der Waals surface area contributed by atoms with Crippen molar-refractivity contribution >= 4 is 11.9 Å². The van der Waals surface area contributed by atoms with Gasteiger partial charge in [0.05, 0.1) is 11.8 Å². The molecule has 1 aromatic rings. The van der Waals surface area contributed by atoms with Crippen molar-refractivity contribution in [2.24, 2.45) is 0 Å². The second-order valence-corrected chi connectivity index (χ2v) is 3.51. The van der Waals surface area contributed by atoms with Gasteiger partial charge >= 0.3 is 5.97 Å². The lowest BCUT2D eigenvalue weighted by atomic mass is 10.2. The van der Waals surface area contributed by atoms with Crippen LogP contribution in [0.15, 0.2) is 18.5 Å². The number of aliphatic carboxylic acids is 1. The summed E-state index contributed by atoms with van der Waals surface area (Å²) in [6, 6.07) is 1.36. The minimum Gasteiger partial charge on any atom is -0.505 e. The number of pyridine rings is 1. The molecule has 0 atom stereocenters. The van der Waals surface area contributed by atoms with Crippen LogP contribution >= 0.6 is 0 Å². The third-order valence-electron chi connectivity index (χ3n) is 2.14. The van der Waals surface area contributed by atoms with E-state index in [2.05, 4.69) is 4.98 Å². The summed E-state index contributed by atoms with van der Waals surface area (Å²) in [6.07, 6.45) is 3.17. The van der Waals surface area contributed by atoms with Crippen LogP contribution in [0.4, 0.5) is 0 Å². The Labute approximate surface area is 98.5 Å². The molecule has 1 aromatic heterocycles. The van der Waals surface area contributed by atoms with Crippen LogP contribution in [0.1, 0.15) is 23.7 Å².